The molecule has 0 radical (unpaired) electrons. The lowest BCUT2D eigenvalue weighted by molar-refractivity contribution is -0.0634. The molecule has 1 rings (SSSR count). The number of alkyl halides is 1. The van der Waals surface area contributed by atoms with Crippen LogP contribution in [0.3, 0.4) is 0 Å². The van der Waals surface area contributed by atoms with E-state index in [0.29, 0.717) is 13.1 Å². The van der Waals surface area contributed by atoms with Gasteiger partial charge in [-0.1, -0.05) is 15.9 Å². The number of hydrogen-bond donors (Lipinski definition) is 0. The Hall–Kier alpha value is -0.290. The highest BCUT2D eigenvalue weighted by Crippen LogP contribution is 2.17. The molecule has 5 heteroatoms. The molecule has 1 saturated heterocycles. The molecule has 1 heterocycles. The highest BCUT2D eigenvalue weighted by atomic mass is 79.9. The first-order valence-corrected chi connectivity index (χ1v) is 7.20. The van der Waals surface area contributed by atoms with Gasteiger partial charge in [-0.3, -0.25) is 0 Å². The van der Waals surface area contributed by atoms with Crippen molar-refractivity contribution in [2.75, 3.05) is 25.0 Å². The second kappa shape index (κ2) is 6.59. The van der Waals surface area contributed by atoms with Crippen molar-refractivity contribution in [3.8, 4) is 0 Å². The molecule has 4 nitrogen and oxygen atoms in total. The predicted octanol–water partition coefficient (Wildman–Crippen LogP) is 2.80. The summed E-state index contributed by atoms with van der Waals surface area (Å²) in [6.07, 6.45) is 2.15. The minimum absolute atomic E-state index is 0.192. The van der Waals surface area contributed by atoms with Crippen molar-refractivity contribution in [1.29, 1.82) is 0 Å². The number of carbonyl (C=O) groups is 1. The van der Waals surface area contributed by atoms with Crippen LogP contribution in [0, 0.1) is 0 Å². The van der Waals surface area contributed by atoms with Gasteiger partial charge in [0.05, 0.1) is 19.2 Å². The summed E-state index contributed by atoms with van der Waals surface area (Å²) in [6, 6.07) is 0. The van der Waals surface area contributed by atoms with Crippen LogP contribution in [-0.2, 0) is 9.47 Å². The molecule has 0 aromatic heterocycles. The third-order valence-electron chi connectivity index (χ3n) is 2.38. The van der Waals surface area contributed by atoms with Gasteiger partial charge in [0.25, 0.3) is 0 Å². The van der Waals surface area contributed by atoms with E-state index in [1.807, 2.05) is 20.8 Å². The van der Waals surface area contributed by atoms with Gasteiger partial charge < -0.3 is 14.4 Å². The quantitative estimate of drug-likeness (QED) is 0.579. The molecule has 0 unspecified atom stereocenters. The van der Waals surface area contributed by atoms with Crippen LogP contribution in [0.4, 0.5) is 4.79 Å². The molecule has 0 aliphatic carbocycles. The largest absolute Gasteiger partial charge is 0.444 e. The second-order valence-electron chi connectivity index (χ2n) is 5.27. The van der Waals surface area contributed by atoms with E-state index in [1.54, 1.807) is 4.90 Å². The number of halogens is 1. The van der Waals surface area contributed by atoms with E-state index in [0.717, 1.165) is 24.8 Å². The lowest BCUT2D eigenvalue weighted by atomic mass is 10.1. The first kappa shape index (κ1) is 14.8. The normalized spacial score (nSPS) is 16.8. The van der Waals surface area contributed by atoms with Crippen molar-refractivity contribution in [2.24, 2.45) is 0 Å². The van der Waals surface area contributed by atoms with Crippen molar-refractivity contribution in [1.82, 2.24) is 4.90 Å². The van der Waals surface area contributed by atoms with Gasteiger partial charge >= 0.3 is 6.09 Å². The van der Waals surface area contributed by atoms with Crippen LogP contribution in [0.1, 0.15) is 33.6 Å². The summed E-state index contributed by atoms with van der Waals surface area (Å²) < 4.78 is 10.9. The number of carbonyl (C=O) groups excluding carboxylic acids is 1. The van der Waals surface area contributed by atoms with E-state index in [4.69, 9.17) is 9.47 Å². The van der Waals surface area contributed by atoms with Crippen LogP contribution in [0.25, 0.3) is 0 Å². The average Bonchev–Trinajstić information content (AvgIpc) is 2.11. The van der Waals surface area contributed by atoms with Crippen molar-refractivity contribution in [2.45, 2.75) is 45.3 Å². The number of likely N-dealkylation sites (tertiary alicyclic amines) is 1. The summed E-state index contributed by atoms with van der Waals surface area (Å²) in [5.74, 6) is 0. The minimum Gasteiger partial charge on any atom is -0.444 e. The predicted molar refractivity (Wildman–Crippen MR) is 70.6 cm³/mol. The van der Waals surface area contributed by atoms with E-state index in [9.17, 15) is 4.79 Å². The van der Waals surface area contributed by atoms with Gasteiger partial charge in [-0.15, -0.1) is 0 Å². The summed E-state index contributed by atoms with van der Waals surface area (Å²) in [6.45, 7) is 7.71. The molecular weight excluding hydrogens is 286 g/mol. The molecule has 0 bridgehead atoms. The maximum Gasteiger partial charge on any atom is 0.410 e. The molecule has 1 fully saturated rings. The third kappa shape index (κ3) is 5.73. The van der Waals surface area contributed by atoms with E-state index < -0.39 is 5.60 Å². The van der Waals surface area contributed by atoms with Gasteiger partial charge in [-0.2, -0.15) is 0 Å². The van der Waals surface area contributed by atoms with Crippen LogP contribution >= 0.6 is 15.9 Å². The average molecular weight is 308 g/mol. The Kier molecular flexibility index (Phi) is 5.73. The van der Waals surface area contributed by atoms with Crippen molar-refractivity contribution >= 4 is 22.0 Å². The van der Waals surface area contributed by atoms with Crippen molar-refractivity contribution in [3.63, 3.8) is 0 Å². The molecule has 0 aromatic carbocycles. The lowest BCUT2D eigenvalue weighted by Gasteiger charge is -2.39. The van der Waals surface area contributed by atoms with Crippen molar-refractivity contribution < 1.29 is 14.3 Å². The molecular formula is C12H22BrNO3. The molecule has 0 saturated carbocycles. The summed E-state index contributed by atoms with van der Waals surface area (Å²) >= 11 is 3.38. The van der Waals surface area contributed by atoms with Gasteiger partial charge in [0.2, 0.25) is 0 Å². The zero-order valence-electron chi connectivity index (χ0n) is 10.9. The number of hydrogen-bond acceptors (Lipinski definition) is 3. The van der Waals surface area contributed by atoms with E-state index in [1.165, 1.54) is 0 Å². The maximum absolute atomic E-state index is 11.6. The smallest absolute Gasteiger partial charge is 0.410 e. The topological polar surface area (TPSA) is 38.8 Å². The zero-order chi connectivity index (χ0) is 12.9. The monoisotopic (exact) mass is 307 g/mol. The van der Waals surface area contributed by atoms with Gasteiger partial charge in [-0.25, -0.2) is 4.79 Å². The molecule has 0 aromatic rings. The molecule has 0 spiro atoms. The molecule has 17 heavy (non-hydrogen) atoms. The van der Waals surface area contributed by atoms with Gasteiger partial charge in [0.1, 0.15) is 5.60 Å². The maximum atomic E-state index is 11.6. The van der Waals surface area contributed by atoms with Gasteiger partial charge in [-0.05, 0) is 33.6 Å². The standard InChI is InChI=1S/C12H22BrNO3/c1-12(2,3)17-11(15)14-8-10(9-14)16-7-5-4-6-13/h10H,4-9H2,1-3H3. The van der Waals surface area contributed by atoms with E-state index in [2.05, 4.69) is 15.9 Å². The zero-order valence-corrected chi connectivity index (χ0v) is 12.5. The highest BCUT2D eigenvalue weighted by Gasteiger charge is 2.34. The first-order valence-electron chi connectivity index (χ1n) is 6.08. The summed E-state index contributed by atoms with van der Waals surface area (Å²) in [4.78, 5) is 13.3. The minimum atomic E-state index is -0.418. The Morgan fingerprint density at radius 1 is 1.35 bits per heavy atom. The Balaban J connectivity index is 2.08. The fourth-order valence-corrected chi connectivity index (χ4v) is 1.86. The van der Waals surface area contributed by atoms with Crippen LogP contribution in [-0.4, -0.2) is 47.7 Å². The fraction of sp³-hybridized carbons (Fsp3) is 0.917. The molecule has 100 valence electrons. The van der Waals surface area contributed by atoms with Gasteiger partial charge in [0.15, 0.2) is 0 Å². The number of amides is 1. The van der Waals surface area contributed by atoms with Crippen LogP contribution in [0.2, 0.25) is 0 Å². The lowest BCUT2D eigenvalue weighted by Crippen LogP contribution is -2.55. The van der Waals surface area contributed by atoms with Crippen LogP contribution < -0.4 is 0 Å². The Morgan fingerprint density at radius 2 is 2.00 bits per heavy atom. The SMILES string of the molecule is CC(C)(C)OC(=O)N1CC(OCCCCBr)C1. The Morgan fingerprint density at radius 3 is 2.53 bits per heavy atom. The second-order valence-corrected chi connectivity index (χ2v) is 6.07. The van der Waals surface area contributed by atoms with Gasteiger partial charge in [0, 0.05) is 11.9 Å². The van der Waals surface area contributed by atoms with E-state index >= 15 is 0 Å². The molecule has 1 aliphatic heterocycles. The fourth-order valence-electron chi connectivity index (χ4n) is 1.47. The number of rotatable bonds is 5. The Bertz CT molecular complexity index is 247. The van der Waals surface area contributed by atoms with E-state index in [-0.39, 0.29) is 12.2 Å². The van der Waals surface area contributed by atoms with Crippen LogP contribution in [0.5, 0.6) is 0 Å². The number of ether oxygens (including phenoxy) is 2. The number of unbranched alkanes of at least 4 members (excludes halogenated alkanes) is 1. The highest BCUT2D eigenvalue weighted by molar-refractivity contribution is 9.09. The summed E-state index contributed by atoms with van der Waals surface area (Å²) in [7, 11) is 0. The summed E-state index contributed by atoms with van der Waals surface area (Å²) in [5.41, 5.74) is -0.418. The Labute approximate surface area is 112 Å². The summed E-state index contributed by atoms with van der Waals surface area (Å²) in [5, 5.41) is 1.02. The van der Waals surface area contributed by atoms with Crippen LogP contribution in [0.15, 0.2) is 0 Å². The molecule has 1 aliphatic rings. The molecule has 1 amide bonds. The number of nitrogens with zero attached hydrogens (tertiary/aromatic N) is 1. The van der Waals surface area contributed by atoms with Crippen molar-refractivity contribution in [3.05, 3.63) is 0 Å². The molecule has 0 N–H and O–H groups in total. The first-order chi connectivity index (χ1) is 7.92. The third-order valence-corrected chi connectivity index (χ3v) is 2.94. The molecule has 0 atom stereocenters.